The van der Waals surface area contributed by atoms with Crippen LogP contribution in [0, 0.1) is 5.92 Å². The normalized spacial score (nSPS) is 12.9. The van der Waals surface area contributed by atoms with Crippen LogP contribution in [0.15, 0.2) is 47.6 Å². The van der Waals surface area contributed by atoms with E-state index in [4.69, 9.17) is 0 Å². The molecule has 1 aromatic carbocycles. The molecule has 0 amide bonds. The molecule has 0 saturated heterocycles. The first-order valence-corrected chi connectivity index (χ1v) is 7.79. The van der Waals surface area contributed by atoms with Gasteiger partial charge in [-0.1, -0.05) is 54.5 Å². The third kappa shape index (κ3) is 7.08. The van der Waals surface area contributed by atoms with E-state index in [1.54, 1.807) is 6.92 Å². The van der Waals surface area contributed by atoms with Crippen LogP contribution in [0.3, 0.4) is 0 Å². The second-order valence-electron chi connectivity index (χ2n) is 6.27. The topological polar surface area (TPSA) is 17.1 Å². The monoisotopic (exact) mass is 284 g/mol. The molecule has 21 heavy (non-hydrogen) atoms. The third-order valence-electron chi connectivity index (χ3n) is 3.58. The first kappa shape index (κ1) is 17.4. The van der Waals surface area contributed by atoms with E-state index < -0.39 is 0 Å². The summed E-state index contributed by atoms with van der Waals surface area (Å²) in [5.74, 6) is 0.657. The number of carbonyl (C=O) groups excluding carboxylic acids is 1. The van der Waals surface area contributed by atoms with Crippen LogP contribution in [-0.2, 0) is 6.42 Å². The lowest BCUT2D eigenvalue weighted by atomic mass is 9.96. The minimum Gasteiger partial charge on any atom is -0.295 e. The van der Waals surface area contributed by atoms with Crippen molar-refractivity contribution in [2.45, 2.75) is 53.9 Å². The Morgan fingerprint density at radius 3 is 2.24 bits per heavy atom. The van der Waals surface area contributed by atoms with E-state index in [9.17, 15) is 4.79 Å². The standard InChI is InChI=1S/C20H28O/c1-15(2)7-6-8-16(3)13-17(4)14-19-9-11-20(12-10-19)18(5)21/h7,9-13,17H,6,8,14H2,1-5H3/b16-13+. The van der Waals surface area contributed by atoms with Crippen LogP contribution in [0.5, 0.6) is 0 Å². The number of carbonyl (C=O) groups is 1. The Morgan fingerprint density at radius 2 is 1.71 bits per heavy atom. The predicted octanol–water partition coefficient (Wildman–Crippen LogP) is 5.76. The molecular formula is C20H28O. The van der Waals surface area contributed by atoms with Gasteiger partial charge in [-0.25, -0.2) is 0 Å². The second-order valence-corrected chi connectivity index (χ2v) is 6.27. The van der Waals surface area contributed by atoms with Gasteiger partial charge in [-0.05, 0) is 58.4 Å². The molecule has 0 spiro atoms. The molecule has 0 aliphatic carbocycles. The van der Waals surface area contributed by atoms with E-state index in [-0.39, 0.29) is 5.78 Å². The van der Waals surface area contributed by atoms with E-state index >= 15 is 0 Å². The Bertz CT molecular complexity index is 513. The molecule has 0 saturated carbocycles. The van der Waals surface area contributed by atoms with Gasteiger partial charge in [0.25, 0.3) is 0 Å². The first-order chi connectivity index (χ1) is 9.88. The van der Waals surface area contributed by atoms with E-state index in [1.807, 2.05) is 12.1 Å². The number of hydrogen-bond acceptors (Lipinski definition) is 1. The Kier molecular flexibility index (Phi) is 7.14. The highest BCUT2D eigenvalue weighted by Gasteiger charge is 2.03. The number of rotatable bonds is 7. The highest BCUT2D eigenvalue weighted by Crippen LogP contribution is 2.15. The number of allylic oxidation sites excluding steroid dienone is 4. The quantitative estimate of drug-likeness (QED) is 0.459. The summed E-state index contributed by atoms with van der Waals surface area (Å²) in [5, 5.41) is 0. The molecule has 0 aliphatic rings. The minimum absolute atomic E-state index is 0.129. The number of hydrogen-bond donors (Lipinski definition) is 0. The van der Waals surface area contributed by atoms with Crippen molar-refractivity contribution >= 4 is 5.78 Å². The van der Waals surface area contributed by atoms with E-state index in [0.29, 0.717) is 5.92 Å². The van der Waals surface area contributed by atoms with Gasteiger partial charge in [0, 0.05) is 5.56 Å². The van der Waals surface area contributed by atoms with Crippen molar-refractivity contribution in [1.29, 1.82) is 0 Å². The molecule has 1 nitrogen and oxygen atoms in total. The fourth-order valence-electron chi connectivity index (χ4n) is 2.46. The Labute approximate surface area is 129 Å². The number of ketones is 1. The van der Waals surface area contributed by atoms with Gasteiger partial charge in [-0.2, -0.15) is 0 Å². The van der Waals surface area contributed by atoms with Gasteiger partial charge < -0.3 is 0 Å². The van der Waals surface area contributed by atoms with Crippen LogP contribution in [0.25, 0.3) is 0 Å². The van der Waals surface area contributed by atoms with Crippen molar-refractivity contribution in [3.63, 3.8) is 0 Å². The van der Waals surface area contributed by atoms with Crippen LogP contribution in [0.4, 0.5) is 0 Å². The Morgan fingerprint density at radius 1 is 1.10 bits per heavy atom. The molecule has 1 unspecified atom stereocenters. The summed E-state index contributed by atoms with van der Waals surface area (Å²) in [5.41, 5.74) is 4.93. The fourth-order valence-corrected chi connectivity index (χ4v) is 2.46. The third-order valence-corrected chi connectivity index (χ3v) is 3.58. The molecule has 1 rings (SSSR count). The van der Waals surface area contributed by atoms with Crippen molar-refractivity contribution in [2.24, 2.45) is 5.92 Å². The predicted molar refractivity (Wildman–Crippen MR) is 91.7 cm³/mol. The molecule has 114 valence electrons. The smallest absolute Gasteiger partial charge is 0.159 e. The first-order valence-electron chi connectivity index (χ1n) is 7.79. The Hall–Kier alpha value is -1.63. The Balaban J connectivity index is 2.53. The lowest BCUT2D eigenvalue weighted by Crippen LogP contribution is -1.98. The van der Waals surface area contributed by atoms with E-state index in [0.717, 1.165) is 24.8 Å². The van der Waals surface area contributed by atoms with Crippen molar-refractivity contribution in [3.05, 3.63) is 58.7 Å². The zero-order chi connectivity index (χ0) is 15.8. The summed E-state index contributed by atoms with van der Waals surface area (Å²) >= 11 is 0. The molecule has 0 aliphatic heterocycles. The van der Waals surface area contributed by atoms with Gasteiger partial charge in [0.2, 0.25) is 0 Å². The highest BCUT2D eigenvalue weighted by molar-refractivity contribution is 5.93. The molecule has 0 N–H and O–H groups in total. The van der Waals surface area contributed by atoms with Gasteiger partial charge in [-0.3, -0.25) is 4.79 Å². The van der Waals surface area contributed by atoms with Crippen LogP contribution in [0.2, 0.25) is 0 Å². The van der Waals surface area contributed by atoms with Gasteiger partial charge in [0.1, 0.15) is 0 Å². The average molecular weight is 284 g/mol. The summed E-state index contributed by atoms with van der Waals surface area (Å²) in [6, 6.07) is 7.99. The molecule has 1 aromatic rings. The highest BCUT2D eigenvalue weighted by atomic mass is 16.1. The molecule has 0 heterocycles. The summed E-state index contributed by atoms with van der Waals surface area (Å²) in [4.78, 5) is 11.3. The van der Waals surface area contributed by atoms with Crippen molar-refractivity contribution in [1.82, 2.24) is 0 Å². The molecule has 0 bridgehead atoms. The molecule has 1 heteroatoms. The number of Topliss-reactive ketones (excluding diaryl/α,β-unsaturated/α-hetero) is 1. The van der Waals surface area contributed by atoms with Crippen LogP contribution in [-0.4, -0.2) is 5.78 Å². The maximum Gasteiger partial charge on any atom is 0.159 e. The van der Waals surface area contributed by atoms with Crippen molar-refractivity contribution in [3.8, 4) is 0 Å². The maximum atomic E-state index is 11.3. The molecule has 1 atom stereocenters. The van der Waals surface area contributed by atoms with Crippen LogP contribution in [0.1, 0.15) is 63.4 Å². The lowest BCUT2D eigenvalue weighted by Gasteiger charge is -2.09. The van der Waals surface area contributed by atoms with Gasteiger partial charge in [0.15, 0.2) is 5.78 Å². The van der Waals surface area contributed by atoms with Gasteiger partial charge in [-0.15, -0.1) is 0 Å². The average Bonchev–Trinajstić information content (AvgIpc) is 2.38. The SMILES string of the molecule is CC(=O)c1ccc(CC(C)/C=C(\C)CCC=C(C)C)cc1. The second kappa shape index (κ2) is 8.61. The zero-order valence-electron chi connectivity index (χ0n) is 14.1. The molecule has 0 aromatic heterocycles. The zero-order valence-corrected chi connectivity index (χ0v) is 14.1. The molecule has 0 radical (unpaired) electrons. The number of benzene rings is 1. The lowest BCUT2D eigenvalue weighted by molar-refractivity contribution is 0.101. The van der Waals surface area contributed by atoms with Crippen LogP contribution < -0.4 is 0 Å². The largest absolute Gasteiger partial charge is 0.295 e. The van der Waals surface area contributed by atoms with Crippen molar-refractivity contribution < 1.29 is 4.79 Å². The van der Waals surface area contributed by atoms with E-state index in [1.165, 1.54) is 16.7 Å². The van der Waals surface area contributed by atoms with Gasteiger partial charge >= 0.3 is 0 Å². The molecular weight excluding hydrogens is 256 g/mol. The summed E-state index contributed by atoms with van der Waals surface area (Å²) in [6.07, 6.45) is 7.96. The molecule has 0 fully saturated rings. The van der Waals surface area contributed by atoms with E-state index in [2.05, 4.69) is 52.0 Å². The maximum absolute atomic E-state index is 11.3. The fraction of sp³-hybridized carbons (Fsp3) is 0.450. The summed E-state index contributed by atoms with van der Waals surface area (Å²) in [7, 11) is 0. The van der Waals surface area contributed by atoms with Crippen molar-refractivity contribution in [2.75, 3.05) is 0 Å². The summed E-state index contributed by atoms with van der Waals surface area (Å²) in [6.45, 7) is 10.4. The van der Waals surface area contributed by atoms with Gasteiger partial charge in [0.05, 0.1) is 0 Å². The minimum atomic E-state index is 0.129. The summed E-state index contributed by atoms with van der Waals surface area (Å²) < 4.78 is 0. The van der Waals surface area contributed by atoms with Crippen LogP contribution >= 0.6 is 0 Å².